The molecule has 0 saturated carbocycles. The molecule has 0 aliphatic carbocycles. The molecule has 1 N–H and O–H groups in total. The van der Waals surface area contributed by atoms with Crippen molar-refractivity contribution >= 4 is 37.1 Å². The van der Waals surface area contributed by atoms with Crippen molar-refractivity contribution in [3.63, 3.8) is 0 Å². The van der Waals surface area contributed by atoms with Gasteiger partial charge in [-0.1, -0.05) is 18.5 Å². The third-order valence-corrected chi connectivity index (χ3v) is 7.09. The van der Waals surface area contributed by atoms with Crippen LogP contribution in [0, 0.1) is 0 Å². The van der Waals surface area contributed by atoms with Crippen LogP contribution in [0.25, 0.3) is 0 Å². The number of aryl methyl sites for hydroxylation is 1. The predicted octanol–water partition coefficient (Wildman–Crippen LogP) is 1.83. The summed E-state index contributed by atoms with van der Waals surface area (Å²) in [5.74, 6) is -1.78. The van der Waals surface area contributed by atoms with E-state index in [1.807, 2.05) is 0 Å². The van der Waals surface area contributed by atoms with Gasteiger partial charge < -0.3 is 5.11 Å². The highest BCUT2D eigenvalue weighted by molar-refractivity contribution is 7.91. The van der Waals surface area contributed by atoms with Gasteiger partial charge in [0, 0.05) is 24.1 Å². The summed E-state index contributed by atoms with van der Waals surface area (Å²) < 4.78 is 49.3. The fourth-order valence-electron chi connectivity index (χ4n) is 2.49. The number of carbonyl (C=O) groups excluding carboxylic acids is 1. The fraction of sp³-hybridized carbons (Fsp3) is 0.375. The van der Waals surface area contributed by atoms with E-state index in [1.54, 1.807) is 6.92 Å². The summed E-state index contributed by atoms with van der Waals surface area (Å²) in [6, 6.07) is 2.21. The van der Waals surface area contributed by atoms with Crippen LogP contribution in [0.2, 0.25) is 5.02 Å². The SMILES string of the molecule is CCn1ncc(C(=O)c2cc(CS(=O)(=O)CC)c(S(C)(=O)=O)cc2Cl)c1O. The summed E-state index contributed by atoms with van der Waals surface area (Å²) in [5.41, 5.74) is -0.277. The molecule has 0 saturated heterocycles. The lowest BCUT2D eigenvalue weighted by molar-refractivity contribution is 0.103. The molecule has 0 radical (unpaired) electrons. The first-order chi connectivity index (χ1) is 12.4. The van der Waals surface area contributed by atoms with Gasteiger partial charge in [-0.05, 0) is 24.6 Å². The number of hydrogen-bond acceptors (Lipinski definition) is 7. The average molecular weight is 435 g/mol. The van der Waals surface area contributed by atoms with E-state index in [4.69, 9.17) is 11.6 Å². The van der Waals surface area contributed by atoms with E-state index in [0.29, 0.717) is 6.54 Å². The van der Waals surface area contributed by atoms with Gasteiger partial charge in [0.2, 0.25) is 11.7 Å². The molecule has 0 unspecified atom stereocenters. The number of rotatable bonds is 7. The molecule has 1 heterocycles. The topological polar surface area (TPSA) is 123 Å². The van der Waals surface area contributed by atoms with Gasteiger partial charge in [-0.3, -0.25) is 4.79 Å². The first kappa shape index (κ1) is 21.4. The highest BCUT2D eigenvalue weighted by Crippen LogP contribution is 2.30. The fourth-order valence-corrected chi connectivity index (χ4v) is 4.75. The second kappa shape index (κ2) is 7.61. The standard InChI is InChI=1S/C16H19ClN2O6S2/c1-4-19-16(21)12(8-18-19)15(20)11-6-10(9-27(24,25)5-2)14(7-13(11)17)26(3,22)23/h6-8,21H,4-5,9H2,1-3H3. The quantitative estimate of drug-likeness (QED) is 0.659. The molecular formula is C16H19ClN2O6S2. The first-order valence-corrected chi connectivity index (χ1v) is 12.0. The van der Waals surface area contributed by atoms with Crippen LogP contribution in [-0.2, 0) is 32.0 Å². The first-order valence-electron chi connectivity index (χ1n) is 7.93. The molecule has 8 nitrogen and oxygen atoms in total. The Morgan fingerprint density at radius 3 is 2.30 bits per heavy atom. The molecule has 0 bridgehead atoms. The van der Waals surface area contributed by atoms with Crippen LogP contribution >= 0.6 is 11.6 Å². The lowest BCUT2D eigenvalue weighted by Crippen LogP contribution is -2.13. The zero-order valence-electron chi connectivity index (χ0n) is 14.9. The number of nitrogens with zero attached hydrogens (tertiary/aromatic N) is 2. The maximum absolute atomic E-state index is 12.8. The third-order valence-electron chi connectivity index (χ3n) is 3.97. The minimum absolute atomic E-state index is 0.0468. The molecule has 2 rings (SSSR count). The summed E-state index contributed by atoms with van der Waals surface area (Å²) in [6.07, 6.45) is 2.10. The molecule has 1 aromatic heterocycles. The highest BCUT2D eigenvalue weighted by Gasteiger charge is 2.25. The second-order valence-corrected chi connectivity index (χ2v) is 10.7. The second-order valence-electron chi connectivity index (χ2n) is 5.92. The predicted molar refractivity (Wildman–Crippen MR) is 101 cm³/mol. The Morgan fingerprint density at radius 1 is 1.19 bits per heavy atom. The monoisotopic (exact) mass is 434 g/mol. The Bertz CT molecular complexity index is 1100. The highest BCUT2D eigenvalue weighted by atomic mass is 35.5. The van der Waals surface area contributed by atoms with Crippen molar-refractivity contribution in [2.45, 2.75) is 31.0 Å². The number of halogens is 1. The van der Waals surface area contributed by atoms with Gasteiger partial charge in [-0.25, -0.2) is 21.5 Å². The van der Waals surface area contributed by atoms with E-state index in [0.717, 1.165) is 18.4 Å². The van der Waals surface area contributed by atoms with Crippen molar-refractivity contribution in [2.24, 2.45) is 0 Å². The van der Waals surface area contributed by atoms with Gasteiger partial charge in [0.1, 0.15) is 5.56 Å². The van der Waals surface area contributed by atoms with Crippen LogP contribution < -0.4 is 0 Å². The van der Waals surface area contributed by atoms with Crippen LogP contribution in [0.5, 0.6) is 5.88 Å². The zero-order valence-corrected chi connectivity index (χ0v) is 17.3. The van der Waals surface area contributed by atoms with E-state index < -0.39 is 31.2 Å². The Hall–Kier alpha value is -1.91. The molecule has 1 aromatic carbocycles. The van der Waals surface area contributed by atoms with Gasteiger partial charge in [-0.2, -0.15) is 5.10 Å². The van der Waals surface area contributed by atoms with Gasteiger partial charge in [0.15, 0.2) is 19.7 Å². The number of sulfone groups is 2. The van der Waals surface area contributed by atoms with Crippen molar-refractivity contribution in [3.05, 3.63) is 40.0 Å². The maximum atomic E-state index is 12.8. The van der Waals surface area contributed by atoms with Gasteiger partial charge in [0.25, 0.3) is 0 Å². The lowest BCUT2D eigenvalue weighted by Gasteiger charge is -2.12. The lowest BCUT2D eigenvalue weighted by atomic mass is 10.0. The van der Waals surface area contributed by atoms with Crippen molar-refractivity contribution in [3.8, 4) is 5.88 Å². The van der Waals surface area contributed by atoms with E-state index in [-0.39, 0.29) is 38.2 Å². The molecule has 0 atom stereocenters. The molecule has 0 aliphatic heterocycles. The van der Waals surface area contributed by atoms with Crippen LogP contribution in [0.3, 0.4) is 0 Å². The van der Waals surface area contributed by atoms with Crippen LogP contribution in [0.15, 0.2) is 23.2 Å². The number of aromatic hydroxyl groups is 1. The Balaban J connectivity index is 2.67. The van der Waals surface area contributed by atoms with Crippen molar-refractivity contribution < 1.29 is 26.7 Å². The molecule has 0 fully saturated rings. The number of benzene rings is 1. The number of aromatic nitrogens is 2. The number of hydrogen-bond donors (Lipinski definition) is 1. The van der Waals surface area contributed by atoms with Crippen molar-refractivity contribution in [2.75, 3.05) is 12.0 Å². The molecule has 0 amide bonds. The van der Waals surface area contributed by atoms with Crippen LogP contribution in [-0.4, -0.2) is 49.5 Å². The zero-order chi connectivity index (χ0) is 20.6. The Morgan fingerprint density at radius 2 is 1.81 bits per heavy atom. The summed E-state index contributed by atoms with van der Waals surface area (Å²) in [7, 11) is -7.35. The number of carbonyl (C=O) groups is 1. The molecule has 27 heavy (non-hydrogen) atoms. The molecule has 0 aliphatic rings. The molecule has 148 valence electrons. The minimum atomic E-state index is -3.78. The van der Waals surface area contributed by atoms with Gasteiger partial charge in [-0.15, -0.1) is 0 Å². The Labute approximate surface area is 162 Å². The minimum Gasteiger partial charge on any atom is -0.493 e. The van der Waals surface area contributed by atoms with Crippen LogP contribution in [0.4, 0.5) is 0 Å². The smallest absolute Gasteiger partial charge is 0.220 e. The average Bonchev–Trinajstić information content (AvgIpc) is 2.95. The number of ketones is 1. The molecule has 2 aromatic rings. The summed E-state index contributed by atoms with van der Waals surface area (Å²) in [6.45, 7) is 3.50. The summed E-state index contributed by atoms with van der Waals surface area (Å²) in [5, 5.41) is 13.8. The maximum Gasteiger partial charge on any atom is 0.220 e. The largest absolute Gasteiger partial charge is 0.493 e. The van der Waals surface area contributed by atoms with E-state index in [2.05, 4.69) is 5.10 Å². The van der Waals surface area contributed by atoms with Crippen molar-refractivity contribution in [1.29, 1.82) is 0 Å². The van der Waals surface area contributed by atoms with E-state index >= 15 is 0 Å². The normalized spacial score (nSPS) is 12.3. The third kappa shape index (κ3) is 4.50. The summed E-state index contributed by atoms with van der Waals surface area (Å²) >= 11 is 6.11. The van der Waals surface area contributed by atoms with E-state index in [1.165, 1.54) is 17.8 Å². The Kier molecular flexibility index (Phi) is 6.03. The van der Waals surface area contributed by atoms with E-state index in [9.17, 15) is 26.7 Å². The molecule has 11 heteroatoms. The van der Waals surface area contributed by atoms with Gasteiger partial charge in [0.05, 0.1) is 21.9 Å². The summed E-state index contributed by atoms with van der Waals surface area (Å²) in [4.78, 5) is 12.5. The van der Waals surface area contributed by atoms with Gasteiger partial charge >= 0.3 is 0 Å². The molecular weight excluding hydrogens is 416 g/mol. The van der Waals surface area contributed by atoms with Crippen LogP contribution in [0.1, 0.15) is 35.3 Å². The molecule has 0 spiro atoms. The van der Waals surface area contributed by atoms with Crippen molar-refractivity contribution in [1.82, 2.24) is 9.78 Å².